The molecule has 1 unspecified atom stereocenters. The van der Waals surface area contributed by atoms with Crippen LogP contribution in [0.25, 0.3) is 0 Å². The fourth-order valence-corrected chi connectivity index (χ4v) is 1.94. The van der Waals surface area contributed by atoms with Gasteiger partial charge in [0.25, 0.3) is 5.92 Å². The molecule has 2 rings (SSSR count). The molecule has 0 saturated carbocycles. The van der Waals surface area contributed by atoms with Crippen molar-refractivity contribution >= 4 is 5.82 Å². The average Bonchev–Trinajstić information content (AvgIpc) is 2.50. The molecule has 100 valence electrons. The summed E-state index contributed by atoms with van der Waals surface area (Å²) >= 11 is 0. The quantitative estimate of drug-likeness (QED) is 0.789. The lowest BCUT2D eigenvalue weighted by molar-refractivity contribution is -0.139. The van der Waals surface area contributed by atoms with Gasteiger partial charge in [-0.05, 0) is 13.0 Å². The van der Waals surface area contributed by atoms with Crippen LogP contribution in [-0.4, -0.2) is 32.8 Å². The number of anilines is 1. The molecular weight excluding hydrogens is 248 g/mol. The Bertz CT molecular complexity index is 519. The van der Waals surface area contributed by atoms with Gasteiger partial charge in [-0.15, -0.1) is 0 Å². The Morgan fingerprint density at radius 3 is 2.89 bits per heavy atom. The van der Waals surface area contributed by atoms with E-state index in [-0.39, 0.29) is 5.82 Å². The molecule has 0 aliphatic carbocycles. The van der Waals surface area contributed by atoms with Crippen LogP contribution in [0.3, 0.4) is 0 Å². The first kappa shape index (κ1) is 12.9. The highest BCUT2D eigenvalue weighted by molar-refractivity contribution is 5.23. The molecule has 1 aromatic rings. The van der Waals surface area contributed by atoms with Crippen LogP contribution < -0.4 is 11.4 Å². The zero-order chi connectivity index (χ0) is 13.6. The minimum atomic E-state index is -3.26. The summed E-state index contributed by atoms with van der Waals surface area (Å²) in [6.07, 6.45) is -1.35. The monoisotopic (exact) mass is 261 g/mol. The van der Waals surface area contributed by atoms with Crippen molar-refractivity contribution in [3.05, 3.63) is 22.7 Å². The average molecular weight is 261 g/mol. The number of alkyl halides is 2. The van der Waals surface area contributed by atoms with E-state index in [1.54, 1.807) is 0 Å². The first-order chi connectivity index (χ1) is 8.27. The van der Waals surface area contributed by atoms with E-state index in [9.17, 15) is 13.6 Å². The van der Waals surface area contributed by atoms with Gasteiger partial charge >= 0.3 is 5.69 Å². The number of nitrogen functional groups attached to an aromatic ring is 1. The second-order valence-corrected chi connectivity index (χ2v) is 4.56. The van der Waals surface area contributed by atoms with Crippen molar-refractivity contribution in [2.75, 3.05) is 12.3 Å². The van der Waals surface area contributed by atoms with Crippen molar-refractivity contribution < 1.29 is 18.6 Å². The van der Waals surface area contributed by atoms with Gasteiger partial charge in [0, 0.05) is 12.6 Å². The standard InChI is InChI=1S/C10H13F2N3O3/c1-9(5-16)4-10(11,12)7(18-9)15-3-2-6(13)14-8(15)17/h2-3,7,16H,4-5H2,1H3,(H2,13,14,17)/t7-,9?/m1/s1. The Morgan fingerprint density at radius 1 is 1.72 bits per heavy atom. The maximum atomic E-state index is 13.8. The highest BCUT2D eigenvalue weighted by atomic mass is 19.3. The molecule has 0 radical (unpaired) electrons. The molecule has 1 aromatic heterocycles. The molecule has 18 heavy (non-hydrogen) atoms. The Kier molecular flexibility index (Phi) is 2.86. The summed E-state index contributed by atoms with van der Waals surface area (Å²) in [4.78, 5) is 14.9. The van der Waals surface area contributed by atoms with Crippen LogP contribution in [0, 0.1) is 0 Å². The lowest BCUT2D eigenvalue weighted by atomic mass is 10.0. The number of nitrogens with zero attached hydrogens (tertiary/aromatic N) is 2. The minimum absolute atomic E-state index is 0.0533. The Hall–Kier alpha value is -1.54. The summed E-state index contributed by atoms with van der Waals surface area (Å²) < 4.78 is 33.4. The van der Waals surface area contributed by atoms with Crippen LogP contribution in [0.2, 0.25) is 0 Å². The van der Waals surface area contributed by atoms with Crippen molar-refractivity contribution in [2.24, 2.45) is 0 Å². The fraction of sp³-hybridized carbons (Fsp3) is 0.600. The van der Waals surface area contributed by atoms with Crippen molar-refractivity contribution in [2.45, 2.75) is 31.1 Å². The molecule has 0 amide bonds. The number of hydrogen-bond donors (Lipinski definition) is 2. The smallest absolute Gasteiger partial charge is 0.351 e. The van der Waals surface area contributed by atoms with Crippen LogP contribution in [0.15, 0.2) is 17.1 Å². The fourth-order valence-electron chi connectivity index (χ4n) is 1.94. The molecule has 1 fully saturated rings. The number of rotatable bonds is 2. The predicted octanol–water partition coefficient (Wildman–Crippen LogP) is 0.131. The van der Waals surface area contributed by atoms with Gasteiger partial charge in [0.1, 0.15) is 5.82 Å². The first-order valence-corrected chi connectivity index (χ1v) is 5.29. The van der Waals surface area contributed by atoms with Gasteiger partial charge in [-0.1, -0.05) is 0 Å². The van der Waals surface area contributed by atoms with Gasteiger partial charge < -0.3 is 15.6 Å². The molecule has 1 saturated heterocycles. The lowest BCUT2D eigenvalue weighted by Crippen LogP contribution is -2.35. The maximum Gasteiger partial charge on any atom is 0.351 e. The van der Waals surface area contributed by atoms with E-state index in [1.807, 2.05) is 0 Å². The number of aromatic nitrogens is 2. The van der Waals surface area contributed by atoms with Gasteiger partial charge in [-0.25, -0.2) is 13.6 Å². The maximum absolute atomic E-state index is 13.8. The summed E-state index contributed by atoms with van der Waals surface area (Å²) in [7, 11) is 0. The molecule has 1 aliphatic heterocycles. The molecule has 8 heteroatoms. The molecule has 3 N–H and O–H groups in total. The van der Waals surface area contributed by atoms with Crippen molar-refractivity contribution in [3.63, 3.8) is 0 Å². The third kappa shape index (κ3) is 2.08. The molecule has 2 heterocycles. The summed E-state index contributed by atoms with van der Waals surface area (Å²) in [6.45, 7) is 0.799. The number of hydrogen-bond acceptors (Lipinski definition) is 5. The summed E-state index contributed by atoms with van der Waals surface area (Å²) in [5.74, 6) is -3.32. The van der Waals surface area contributed by atoms with Crippen LogP contribution in [0.1, 0.15) is 19.6 Å². The third-order valence-electron chi connectivity index (χ3n) is 2.81. The number of halogens is 2. The topological polar surface area (TPSA) is 90.4 Å². The van der Waals surface area contributed by atoms with Crippen LogP contribution in [0.4, 0.5) is 14.6 Å². The third-order valence-corrected chi connectivity index (χ3v) is 2.81. The van der Waals surface area contributed by atoms with E-state index in [2.05, 4.69) is 4.98 Å². The molecule has 0 bridgehead atoms. The van der Waals surface area contributed by atoms with E-state index >= 15 is 0 Å². The van der Waals surface area contributed by atoms with Crippen molar-refractivity contribution in [1.29, 1.82) is 0 Å². The van der Waals surface area contributed by atoms with Gasteiger partial charge in [0.2, 0.25) is 6.23 Å². The van der Waals surface area contributed by atoms with E-state index in [1.165, 1.54) is 13.0 Å². The van der Waals surface area contributed by atoms with Crippen molar-refractivity contribution in [1.82, 2.24) is 9.55 Å². The van der Waals surface area contributed by atoms with E-state index < -0.39 is 36.5 Å². The number of nitrogens with two attached hydrogens (primary N) is 1. The van der Waals surface area contributed by atoms with E-state index in [0.29, 0.717) is 4.57 Å². The lowest BCUT2D eigenvalue weighted by Gasteiger charge is -2.21. The van der Waals surface area contributed by atoms with Crippen LogP contribution >= 0.6 is 0 Å². The van der Waals surface area contributed by atoms with E-state index in [0.717, 1.165) is 6.20 Å². The minimum Gasteiger partial charge on any atom is -0.393 e. The molecular formula is C10H13F2N3O3. The van der Waals surface area contributed by atoms with Gasteiger partial charge in [-0.2, -0.15) is 4.98 Å². The second-order valence-electron chi connectivity index (χ2n) is 4.56. The second kappa shape index (κ2) is 3.99. The molecule has 0 spiro atoms. The summed E-state index contributed by atoms with van der Waals surface area (Å²) in [6, 6.07) is 1.23. The SMILES string of the molecule is CC1(CO)CC(F)(F)[C@H](n2ccc(N)nc2=O)O1. The Balaban J connectivity index is 2.42. The highest BCUT2D eigenvalue weighted by Gasteiger charge is 2.56. The summed E-state index contributed by atoms with van der Waals surface area (Å²) in [5, 5.41) is 9.05. The Labute approximate surface area is 101 Å². The zero-order valence-corrected chi connectivity index (χ0v) is 9.64. The number of aliphatic hydroxyl groups excluding tert-OH is 1. The summed E-state index contributed by atoms with van der Waals surface area (Å²) in [5.41, 5.74) is 2.99. The van der Waals surface area contributed by atoms with E-state index in [4.69, 9.17) is 15.6 Å². The highest BCUT2D eigenvalue weighted by Crippen LogP contribution is 2.46. The predicted molar refractivity (Wildman–Crippen MR) is 58.1 cm³/mol. The molecule has 6 nitrogen and oxygen atoms in total. The largest absolute Gasteiger partial charge is 0.393 e. The van der Waals surface area contributed by atoms with Crippen LogP contribution in [-0.2, 0) is 4.74 Å². The number of ether oxygens (including phenoxy) is 1. The van der Waals surface area contributed by atoms with Gasteiger partial charge in [0.15, 0.2) is 0 Å². The molecule has 1 aliphatic rings. The zero-order valence-electron chi connectivity index (χ0n) is 9.64. The van der Waals surface area contributed by atoms with Gasteiger partial charge in [-0.3, -0.25) is 4.57 Å². The number of aliphatic hydroxyl groups is 1. The first-order valence-electron chi connectivity index (χ1n) is 5.29. The molecule has 0 aromatic carbocycles. The van der Waals surface area contributed by atoms with Crippen molar-refractivity contribution in [3.8, 4) is 0 Å². The van der Waals surface area contributed by atoms with Crippen LogP contribution in [0.5, 0.6) is 0 Å². The molecule has 2 atom stereocenters. The Morgan fingerprint density at radius 2 is 2.39 bits per heavy atom. The normalized spacial score (nSPS) is 30.6. The van der Waals surface area contributed by atoms with Gasteiger partial charge in [0.05, 0.1) is 12.2 Å².